The van der Waals surface area contributed by atoms with Crippen molar-refractivity contribution in [2.45, 2.75) is 0 Å². The van der Waals surface area contributed by atoms with E-state index in [1.54, 1.807) is 12.1 Å². The predicted octanol–water partition coefficient (Wildman–Crippen LogP) is 4.07. The maximum absolute atomic E-state index is 13.1. The number of aromatic nitrogens is 1. The fraction of sp³-hybridized carbons (Fsp3) is 0. The minimum Gasteiger partial charge on any atom is -0.223 e. The lowest BCUT2D eigenvalue weighted by Gasteiger charge is -2.06. The maximum atomic E-state index is 13.1. The molecular formula is C12H5Cl2FN2. The molecule has 0 saturated heterocycles. The Morgan fingerprint density at radius 2 is 2.00 bits per heavy atom. The SMILES string of the molecule is N#Cc1c(-c2cccc(F)c2)cc(Cl)nc1Cl. The minimum atomic E-state index is -0.393. The molecule has 1 aromatic heterocycles. The number of pyridine rings is 1. The molecule has 0 aliphatic heterocycles. The molecule has 0 saturated carbocycles. The molecule has 2 nitrogen and oxygen atoms in total. The first-order valence-electron chi connectivity index (χ1n) is 4.64. The van der Waals surface area contributed by atoms with E-state index < -0.39 is 5.82 Å². The van der Waals surface area contributed by atoms with E-state index >= 15 is 0 Å². The van der Waals surface area contributed by atoms with Crippen LogP contribution in [0, 0.1) is 17.1 Å². The summed E-state index contributed by atoms with van der Waals surface area (Å²) in [6, 6.07) is 9.27. The number of benzene rings is 1. The van der Waals surface area contributed by atoms with Crippen molar-refractivity contribution < 1.29 is 4.39 Å². The van der Waals surface area contributed by atoms with Gasteiger partial charge in [-0.3, -0.25) is 0 Å². The van der Waals surface area contributed by atoms with Crippen LogP contribution in [-0.4, -0.2) is 4.98 Å². The van der Waals surface area contributed by atoms with Crippen LogP contribution in [0.15, 0.2) is 30.3 Å². The van der Waals surface area contributed by atoms with Gasteiger partial charge in [0.1, 0.15) is 22.2 Å². The molecule has 0 atom stereocenters. The molecule has 0 bridgehead atoms. The van der Waals surface area contributed by atoms with Crippen molar-refractivity contribution in [1.29, 1.82) is 5.26 Å². The second kappa shape index (κ2) is 4.70. The van der Waals surface area contributed by atoms with Gasteiger partial charge in [0.25, 0.3) is 0 Å². The number of hydrogen-bond acceptors (Lipinski definition) is 2. The smallest absolute Gasteiger partial charge is 0.149 e. The van der Waals surface area contributed by atoms with Crippen molar-refractivity contribution in [3.63, 3.8) is 0 Å². The summed E-state index contributed by atoms with van der Waals surface area (Å²) in [7, 11) is 0. The van der Waals surface area contributed by atoms with E-state index in [4.69, 9.17) is 28.5 Å². The molecule has 0 unspecified atom stereocenters. The summed E-state index contributed by atoms with van der Waals surface area (Å²) in [5.74, 6) is -0.393. The van der Waals surface area contributed by atoms with Gasteiger partial charge in [0, 0.05) is 5.56 Å². The molecule has 0 amide bonds. The van der Waals surface area contributed by atoms with Gasteiger partial charge in [0.15, 0.2) is 0 Å². The zero-order valence-electron chi connectivity index (χ0n) is 8.42. The molecule has 0 fully saturated rings. The Hall–Kier alpha value is -1.63. The van der Waals surface area contributed by atoms with E-state index in [1.165, 1.54) is 18.2 Å². The molecule has 2 aromatic rings. The average molecular weight is 267 g/mol. The normalized spacial score (nSPS) is 10.0. The average Bonchev–Trinajstić information content (AvgIpc) is 2.28. The lowest BCUT2D eigenvalue weighted by Crippen LogP contribution is -1.90. The first kappa shape index (κ1) is 11.8. The third-order valence-electron chi connectivity index (χ3n) is 2.19. The first-order chi connectivity index (χ1) is 8.11. The zero-order chi connectivity index (χ0) is 12.4. The van der Waals surface area contributed by atoms with E-state index in [2.05, 4.69) is 4.98 Å². The Balaban J connectivity index is 2.71. The molecule has 84 valence electrons. The summed E-state index contributed by atoms with van der Waals surface area (Å²) in [4.78, 5) is 3.77. The van der Waals surface area contributed by atoms with E-state index in [1.807, 2.05) is 6.07 Å². The number of nitrogens with zero attached hydrogens (tertiary/aromatic N) is 2. The van der Waals surface area contributed by atoms with Crippen molar-refractivity contribution in [2.24, 2.45) is 0 Å². The Morgan fingerprint density at radius 3 is 2.65 bits per heavy atom. The molecule has 17 heavy (non-hydrogen) atoms. The van der Waals surface area contributed by atoms with Crippen LogP contribution in [0.25, 0.3) is 11.1 Å². The van der Waals surface area contributed by atoms with Crippen LogP contribution < -0.4 is 0 Å². The topological polar surface area (TPSA) is 36.7 Å². The molecule has 2 rings (SSSR count). The van der Waals surface area contributed by atoms with Gasteiger partial charge in [-0.1, -0.05) is 35.3 Å². The summed E-state index contributed by atoms with van der Waals surface area (Å²) in [5.41, 5.74) is 1.19. The van der Waals surface area contributed by atoms with Crippen molar-refractivity contribution in [2.75, 3.05) is 0 Å². The lowest BCUT2D eigenvalue weighted by molar-refractivity contribution is 0.628. The van der Waals surface area contributed by atoms with Crippen LogP contribution in [-0.2, 0) is 0 Å². The van der Waals surface area contributed by atoms with Crippen LogP contribution >= 0.6 is 23.2 Å². The fourth-order valence-electron chi connectivity index (χ4n) is 1.47. The molecule has 5 heteroatoms. The monoisotopic (exact) mass is 266 g/mol. The standard InChI is InChI=1S/C12H5Cl2FN2/c13-11-5-9(10(6-16)12(14)17-11)7-2-1-3-8(15)4-7/h1-5H. The van der Waals surface area contributed by atoms with Gasteiger partial charge in [0.05, 0.1) is 5.56 Å². The zero-order valence-corrected chi connectivity index (χ0v) is 9.93. The van der Waals surface area contributed by atoms with Crippen molar-refractivity contribution in [3.05, 3.63) is 52.0 Å². The van der Waals surface area contributed by atoms with Gasteiger partial charge in [-0.25, -0.2) is 9.37 Å². The van der Waals surface area contributed by atoms with Gasteiger partial charge in [-0.05, 0) is 23.8 Å². The maximum Gasteiger partial charge on any atom is 0.149 e. The highest BCUT2D eigenvalue weighted by atomic mass is 35.5. The summed E-state index contributed by atoms with van der Waals surface area (Å²) in [6.07, 6.45) is 0. The van der Waals surface area contributed by atoms with Gasteiger partial charge in [-0.2, -0.15) is 5.26 Å². The Kier molecular flexibility index (Phi) is 3.28. The summed E-state index contributed by atoms with van der Waals surface area (Å²) in [5, 5.41) is 9.18. The van der Waals surface area contributed by atoms with E-state index in [0.29, 0.717) is 11.1 Å². The van der Waals surface area contributed by atoms with E-state index in [0.717, 1.165) is 0 Å². The second-order valence-electron chi connectivity index (χ2n) is 3.28. The molecule has 0 aliphatic carbocycles. The predicted molar refractivity (Wildman–Crippen MR) is 64.4 cm³/mol. The van der Waals surface area contributed by atoms with Gasteiger partial charge < -0.3 is 0 Å². The van der Waals surface area contributed by atoms with Crippen LogP contribution in [0.5, 0.6) is 0 Å². The molecular weight excluding hydrogens is 262 g/mol. The van der Waals surface area contributed by atoms with Gasteiger partial charge in [0.2, 0.25) is 0 Å². The van der Waals surface area contributed by atoms with Gasteiger partial charge >= 0.3 is 0 Å². The largest absolute Gasteiger partial charge is 0.223 e. The van der Waals surface area contributed by atoms with Crippen LogP contribution in [0.3, 0.4) is 0 Å². The third-order valence-corrected chi connectivity index (χ3v) is 2.66. The van der Waals surface area contributed by atoms with Crippen LogP contribution in [0.2, 0.25) is 10.3 Å². The quantitative estimate of drug-likeness (QED) is 0.730. The number of rotatable bonds is 1. The number of halogens is 3. The molecule has 0 radical (unpaired) electrons. The molecule has 0 aliphatic rings. The molecule has 1 aromatic carbocycles. The van der Waals surface area contributed by atoms with E-state index in [9.17, 15) is 4.39 Å². The van der Waals surface area contributed by atoms with Crippen LogP contribution in [0.1, 0.15) is 5.56 Å². The molecule has 1 heterocycles. The van der Waals surface area contributed by atoms with Crippen molar-refractivity contribution >= 4 is 23.2 Å². The first-order valence-corrected chi connectivity index (χ1v) is 5.39. The minimum absolute atomic E-state index is 0.0132. The number of nitriles is 1. The fourth-order valence-corrected chi connectivity index (χ4v) is 1.95. The molecule has 0 N–H and O–H groups in total. The van der Waals surface area contributed by atoms with Gasteiger partial charge in [-0.15, -0.1) is 0 Å². The summed E-state index contributed by atoms with van der Waals surface area (Å²) >= 11 is 11.6. The Morgan fingerprint density at radius 1 is 1.24 bits per heavy atom. The summed E-state index contributed by atoms with van der Waals surface area (Å²) in [6.45, 7) is 0. The highest BCUT2D eigenvalue weighted by molar-refractivity contribution is 6.33. The van der Waals surface area contributed by atoms with Crippen molar-refractivity contribution in [1.82, 2.24) is 4.98 Å². The Labute approximate surface area is 107 Å². The Bertz CT molecular complexity index is 620. The summed E-state index contributed by atoms with van der Waals surface area (Å²) < 4.78 is 13.1. The second-order valence-corrected chi connectivity index (χ2v) is 4.03. The highest BCUT2D eigenvalue weighted by Gasteiger charge is 2.12. The third kappa shape index (κ3) is 2.38. The van der Waals surface area contributed by atoms with E-state index in [-0.39, 0.29) is 15.9 Å². The number of hydrogen-bond donors (Lipinski definition) is 0. The lowest BCUT2D eigenvalue weighted by atomic mass is 10.0. The van der Waals surface area contributed by atoms with Crippen molar-refractivity contribution in [3.8, 4) is 17.2 Å². The highest BCUT2D eigenvalue weighted by Crippen LogP contribution is 2.30. The van der Waals surface area contributed by atoms with Crippen LogP contribution in [0.4, 0.5) is 4.39 Å². The molecule has 0 spiro atoms.